The lowest BCUT2D eigenvalue weighted by Crippen LogP contribution is -2.47. The number of alkyl halides is 24. The highest BCUT2D eigenvalue weighted by Crippen LogP contribution is 2.55. The van der Waals surface area contributed by atoms with E-state index in [0.29, 0.717) is 19.3 Å². The average Bonchev–Trinajstić information content (AvgIpc) is 3.37. The van der Waals surface area contributed by atoms with E-state index in [-0.39, 0.29) is 12.8 Å². The van der Waals surface area contributed by atoms with E-state index in [2.05, 4.69) is 11.7 Å². The van der Waals surface area contributed by atoms with Crippen LogP contribution in [0.15, 0.2) is 48.6 Å². The second-order valence-electron chi connectivity index (χ2n) is 19.5. The first kappa shape index (κ1) is 73.6. The van der Waals surface area contributed by atoms with Gasteiger partial charge in [-0.15, -0.1) is 0 Å². The largest absolute Gasteiger partial charge is 0.432 e. The van der Waals surface area contributed by atoms with Gasteiger partial charge in [0, 0.05) is 34.6 Å². The van der Waals surface area contributed by atoms with Crippen molar-refractivity contribution in [3.63, 3.8) is 0 Å². The minimum absolute atomic E-state index is 0.0439. The van der Waals surface area contributed by atoms with Gasteiger partial charge in [-0.05, 0) is 74.8 Å². The topological polar surface area (TPSA) is 104 Å². The van der Waals surface area contributed by atoms with Gasteiger partial charge in [0.15, 0.2) is 0 Å². The number of benzene rings is 2. The Hall–Kier alpha value is -4.48. The summed E-state index contributed by atoms with van der Waals surface area (Å²) in [5, 5.41) is 29.2. The van der Waals surface area contributed by atoms with Crippen LogP contribution in [-0.4, -0.2) is 96.3 Å². The van der Waals surface area contributed by atoms with Crippen LogP contribution in [0.25, 0.3) is 0 Å². The highest BCUT2D eigenvalue weighted by atomic mass is 19.4. The number of ketones is 1. The molecule has 30 heteroatoms. The molecule has 0 aliphatic heterocycles. The summed E-state index contributed by atoms with van der Waals surface area (Å²) in [5.41, 5.74) is -38.5. The second kappa shape index (κ2) is 30.6. The SMILES string of the molecule is CCCCCCCC/C=C\CCCCCCCC(=O)C(C(=O)Oc1cc(C(F)(C(F)F)C(F)(F)F)cc(C(F)(C(F)F)C(F)(F)F)c1)C(CCCCC(O)C(O)CO)c1cc(C(F)(C(F)F)C(F)(F)F)cc(C(F)(C(F)F)C(F)(F)F)c1. The van der Waals surface area contributed by atoms with E-state index in [0.717, 1.165) is 44.9 Å². The number of Topliss-reactive ketones (excluding diaryl/α,β-unsaturated/α-hetero) is 1. The molecule has 0 fully saturated rings. The maximum Gasteiger partial charge on any atom is 0.432 e. The Morgan fingerprint density at radius 2 is 0.805 bits per heavy atom. The number of aliphatic hydroxyl groups excluding tert-OH is 3. The molecule has 0 aliphatic rings. The van der Waals surface area contributed by atoms with Crippen LogP contribution in [0.5, 0.6) is 5.75 Å². The third kappa shape index (κ3) is 17.8. The monoisotopic (exact) mass is 1240 g/mol. The predicted molar refractivity (Wildman–Crippen MR) is 246 cm³/mol. The zero-order valence-electron chi connectivity index (χ0n) is 43.3. The molecule has 0 aromatic heterocycles. The van der Waals surface area contributed by atoms with Crippen molar-refractivity contribution in [1.29, 1.82) is 0 Å². The van der Waals surface area contributed by atoms with Crippen molar-refractivity contribution in [2.75, 3.05) is 6.61 Å². The maximum atomic E-state index is 15.9. The molecule has 8 atom stereocenters. The molecule has 2 aromatic carbocycles. The molecule has 82 heavy (non-hydrogen) atoms. The maximum absolute atomic E-state index is 15.9. The van der Waals surface area contributed by atoms with E-state index in [1.165, 1.54) is 0 Å². The van der Waals surface area contributed by atoms with Gasteiger partial charge in [-0.2, -0.15) is 52.7 Å². The Kier molecular flexibility index (Phi) is 27.4. The summed E-state index contributed by atoms with van der Waals surface area (Å²) < 4.78 is 351. The lowest BCUT2D eigenvalue weighted by Gasteiger charge is -2.33. The Morgan fingerprint density at radius 1 is 0.463 bits per heavy atom. The van der Waals surface area contributed by atoms with Crippen LogP contribution in [0.3, 0.4) is 0 Å². The first-order chi connectivity index (χ1) is 37.7. The van der Waals surface area contributed by atoms with E-state index in [1.54, 1.807) is 0 Å². The quantitative estimate of drug-likeness (QED) is 0.0159. The molecule has 0 aliphatic carbocycles. The van der Waals surface area contributed by atoms with Gasteiger partial charge in [0.2, 0.25) is 0 Å². The summed E-state index contributed by atoms with van der Waals surface area (Å²) in [6, 6.07) is -4.78. The number of hydrogen-bond acceptors (Lipinski definition) is 6. The minimum Gasteiger partial charge on any atom is -0.426 e. The molecule has 0 saturated carbocycles. The second-order valence-corrected chi connectivity index (χ2v) is 19.5. The number of aliphatic hydroxyl groups is 3. The Labute approximate surface area is 454 Å². The van der Waals surface area contributed by atoms with Crippen LogP contribution in [0.4, 0.5) is 105 Å². The molecule has 2 aromatic rings. The van der Waals surface area contributed by atoms with Crippen molar-refractivity contribution >= 4 is 11.8 Å². The summed E-state index contributed by atoms with van der Waals surface area (Å²) in [5.74, 6) is -12.7. The average molecular weight is 1240 g/mol. The van der Waals surface area contributed by atoms with Gasteiger partial charge in [-0.1, -0.05) is 95.4 Å². The number of rotatable bonds is 35. The molecule has 0 bridgehead atoms. The van der Waals surface area contributed by atoms with E-state index >= 15 is 17.6 Å². The normalized spacial score (nSPS) is 17.7. The van der Waals surface area contributed by atoms with Gasteiger partial charge in [-0.25, -0.2) is 52.7 Å². The van der Waals surface area contributed by atoms with E-state index in [1.807, 2.05) is 12.2 Å². The van der Waals surface area contributed by atoms with Gasteiger partial charge in [0.25, 0.3) is 48.4 Å². The number of hydrogen-bond donors (Lipinski definition) is 3. The molecule has 0 spiro atoms. The zero-order chi connectivity index (χ0) is 63.0. The first-order valence-corrected chi connectivity index (χ1v) is 25.5. The van der Waals surface area contributed by atoms with Crippen LogP contribution >= 0.6 is 0 Å². The molecular weight excluding hydrogens is 1180 g/mol. The van der Waals surface area contributed by atoms with Crippen molar-refractivity contribution in [3.8, 4) is 5.75 Å². The highest BCUT2D eigenvalue weighted by molar-refractivity contribution is 6.00. The predicted octanol–water partition coefficient (Wildman–Crippen LogP) is 16.8. The molecule has 6 nitrogen and oxygen atoms in total. The summed E-state index contributed by atoms with van der Waals surface area (Å²) in [4.78, 5) is 28.9. The Balaban J connectivity index is 3.11. The van der Waals surface area contributed by atoms with Gasteiger partial charge in [0.1, 0.15) is 23.6 Å². The third-order valence-corrected chi connectivity index (χ3v) is 13.6. The van der Waals surface area contributed by atoms with Crippen molar-refractivity contribution < 1.29 is 135 Å². The van der Waals surface area contributed by atoms with Crippen molar-refractivity contribution in [3.05, 3.63) is 76.4 Å². The number of unbranched alkanes of at least 4 members (excludes halogenated alkanes) is 12. The molecule has 0 heterocycles. The lowest BCUT2D eigenvalue weighted by atomic mass is 9.75. The van der Waals surface area contributed by atoms with Crippen LogP contribution in [0.2, 0.25) is 0 Å². The number of ether oxygens (including phenoxy) is 1. The number of esters is 1. The molecular formula is C52H60F24O6. The number of halogens is 24. The number of carbonyl (C=O) groups excluding carboxylic acids is 2. The van der Waals surface area contributed by atoms with Gasteiger partial charge in [-0.3, -0.25) is 9.59 Å². The van der Waals surface area contributed by atoms with E-state index < -0.39 is 224 Å². The molecule has 0 radical (unpaired) electrons. The Bertz CT molecular complexity index is 2220. The molecule has 472 valence electrons. The van der Waals surface area contributed by atoms with Crippen molar-refractivity contribution in [2.24, 2.45) is 5.92 Å². The molecule has 8 unspecified atom stereocenters. The Morgan fingerprint density at radius 3 is 1.16 bits per heavy atom. The number of carbonyl (C=O) groups is 2. The van der Waals surface area contributed by atoms with Gasteiger partial charge < -0.3 is 20.1 Å². The third-order valence-electron chi connectivity index (χ3n) is 13.6. The summed E-state index contributed by atoms with van der Waals surface area (Å²) in [6.07, 6.45) is -46.3. The first-order valence-electron chi connectivity index (χ1n) is 25.5. The van der Waals surface area contributed by atoms with Crippen LogP contribution in [0, 0.1) is 5.92 Å². The number of allylic oxidation sites excluding steroid dienone is 2. The zero-order valence-corrected chi connectivity index (χ0v) is 43.3. The molecule has 0 saturated heterocycles. The molecule has 3 N–H and O–H groups in total. The summed E-state index contributed by atoms with van der Waals surface area (Å²) in [6.45, 7) is 0.904. The fourth-order valence-corrected chi connectivity index (χ4v) is 8.80. The summed E-state index contributed by atoms with van der Waals surface area (Å²) in [7, 11) is 0. The standard InChI is InChI=1S/C52H60F24O6/c1-2-3-4-5-6-7-8-9-10-11-12-13-14-15-16-21-37(79)39(40(81)82-34-26-32(47(63,43(57)58)51(71,72)73)25-33(27-34)48(64,44(59)60)52(74,75)76)35(19-17-18-20-36(78)38(80)28-77)29-22-30(45(61,41(53)54)49(65,66)67)24-31(23-29)46(62,42(55)56)50(68,69)70/h9-10,22-27,35-36,38-39,41-44,77-78,80H,2-8,11-21,28H2,1H3/b10-9-. The van der Waals surface area contributed by atoms with Crippen molar-refractivity contribution in [2.45, 2.75) is 214 Å². The lowest BCUT2D eigenvalue weighted by molar-refractivity contribution is -0.277. The van der Waals surface area contributed by atoms with Crippen LogP contribution in [-0.2, 0) is 32.3 Å². The van der Waals surface area contributed by atoms with Crippen LogP contribution in [0.1, 0.15) is 156 Å². The van der Waals surface area contributed by atoms with Gasteiger partial charge in [0.05, 0.1) is 12.7 Å². The smallest absolute Gasteiger partial charge is 0.426 e. The fourth-order valence-electron chi connectivity index (χ4n) is 8.80. The van der Waals surface area contributed by atoms with E-state index in [4.69, 9.17) is 0 Å². The van der Waals surface area contributed by atoms with Gasteiger partial charge >= 0.3 is 30.7 Å². The highest BCUT2D eigenvalue weighted by Gasteiger charge is 2.69. The van der Waals surface area contributed by atoms with Crippen LogP contribution < -0.4 is 4.74 Å². The molecule has 2 rings (SSSR count). The minimum atomic E-state index is -6.99. The summed E-state index contributed by atoms with van der Waals surface area (Å²) >= 11 is 0. The van der Waals surface area contributed by atoms with E-state index in [9.17, 15) is 113 Å². The van der Waals surface area contributed by atoms with Crippen molar-refractivity contribution in [1.82, 2.24) is 0 Å². The fraction of sp³-hybridized carbons (Fsp3) is 0.692. The molecule has 0 amide bonds.